The largest absolute Gasteiger partial charge is 0.493 e. The molecule has 7 nitrogen and oxygen atoms in total. The van der Waals surface area contributed by atoms with Gasteiger partial charge >= 0.3 is 5.97 Å². The molecular weight excluding hydrogens is 416 g/mol. The Morgan fingerprint density at radius 1 is 1.19 bits per heavy atom. The predicted octanol–water partition coefficient (Wildman–Crippen LogP) is 4.48. The second kappa shape index (κ2) is 10.2. The first-order chi connectivity index (χ1) is 14.9. The third kappa shape index (κ3) is 5.67. The van der Waals surface area contributed by atoms with Gasteiger partial charge in [-0.3, -0.25) is 9.69 Å². The number of benzene rings is 2. The molecule has 1 aliphatic rings. The smallest absolute Gasteiger partial charge is 0.341 e. The van der Waals surface area contributed by atoms with E-state index in [4.69, 9.17) is 14.6 Å². The molecule has 8 heteroatoms. The fourth-order valence-corrected chi connectivity index (χ4v) is 3.95. The van der Waals surface area contributed by atoms with Crippen LogP contribution in [0.1, 0.15) is 24.5 Å². The molecule has 2 aromatic rings. The Morgan fingerprint density at radius 3 is 2.58 bits per heavy atom. The van der Waals surface area contributed by atoms with Gasteiger partial charge in [-0.1, -0.05) is 30.7 Å². The summed E-state index contributed by atoms with van der Waals surface area (Å²) in [5.41, 5.74) is 2.68. The second-order valence-corrected chi connectivity index (χ2v) is 7.90. The maximum absolute atomic E-state index is 13.0. The van der Waals surface area contributed by atoms with Gasteiger partial charge in [-0.2, -0.15) is 0 Å². The fraction of sp³-hybridized carbons (Fsp3) is 0.261. The first-order valence-electron chi connectivity index (χ1n) is 9.80. The normalized spacial score (nSPS) is 16.2. The van der Waals surface area contributed by atoms with Crippen LogP contribution in [-0.4, -0.2) is 47.3 Å². The van der Waals surface area contributed by atoms with Gasteiger partial charge in [0.2, 0.25) is 0 Å². The predicted molar refractivity (Wildman–Crippen MR) is 122 cm³/mol. The van der Waals surface area contributed by atoms with Crippen molar-refractivity contribution in [1.29, 1.82) is 0 Å². The van der Waals surface area contributed by atoms with Gasteiger partial charge in [-0.05, 0) is 61.0 Å². The second-order valence-electron chi connectivity index (χ2n) is 6.89. The van der Waals surface area contributed by atoms with Gasteiger partial charge in [0, 0.05) is 6.54 Å². The number of methoxy groups -OCH3 is 1. The van der Waals surface area contributed by atoms with Gasteiger partial charge < -0.3 is 14.6 Å². The lowest BCUT2D eigenvalue weighted by molar-refractivity contribution is -0.139. The van der Waals surface area contributed by atoms with Crippen molar-refractivity contribution in [3.63, 3.8) is 0 Å². The summed E-state index contributed by atoms with van der Waals surface area (Å²) in [4.78, 5) is 30.6. The number of amides is 1. The van der Waals surface area contributed by atoms with Gasteiger partial charge in [-0.15, -0.1) is 0 Å². The number of carboxylic acids is 1. The summed E-state index contributed by atoms with van der Waals surface area (Å²) in [6.45, 7) is 4.15. The van der Waals surface area contributed by atoms with Crippen LogP contribution in [0.25, 0.3) is 6.08 Å². The molecule has 1 fully saturated rings. The van der Waals surface area contributed by atoms with E-state index in [1.54, 1.807) is 29.2 Å². The van der Waals surface area contributed by atoms with E-state index in [-0.39, 0.29) is 5.91 Å². The number of aryl methyl sites for hydroxylation is 1. The molecule has 1 N–H and O–H groups in total. The number of aliphatic imine (C=N–C) groups is 1. The minimum Gasteiger partial charge on any atom is -0.493 e. The van der Waals surface area contributed by atoms with E-state index in [0.29, 0.717) is 28.1 Å². The third-order valence-corrected chi connectivity index (χ3v) is 5.44. The zero-order valence-corrected chi connectivity index (χ0v) is 18.4. The van der Waals surface area contributed by atoms with E-state index >= 15 is 0 Å². The quantitative estimate of drug-likeness (QED) is 0.609. The standard InChI is InChI=1S/C23H24N2O5S/c1-4-11-25-22(28)20(31-23(25)24-17-8-5-15(2)6-9-17)13-16-7-10-18(19(12-16)29-3)30-14-21(26)27/h5-10,12-13H,4,11,14H2,1-3H3,(H,26,27)/b20-13+,24-23?. The molecule has 1 aliphatic heterocycles. The zero-order valence-electron chi connectivity index (χ0n) is 17.6. The summed E-state index contributed by atoms with van der Waals surface area (Å²) >= 11 is 1.33. The van der Waals surface area contributed by atoms with E-state index in [2.05, 4.69) is 4.99 Å². The number of hydrogen-bond donors (Lipinski definition) is 1. The summed E-state index contributed by atoms with van der Waals surface area (Å²) < 4.78 is 10.5. The van der Waals surface area contributed by atoms with E-state index in [1.165, 1.54) is 18.9 Å². The van der Waals surface area contributed by atoms with Crippen LogP contribution in [0.2, 0.25) is 0 Å². The van der Waals surface area contributed by atoms with Crippen molar-refractivity contribution in [3.8, 4) is 11.5 Å². The van der Waals surface area contributed by atoms with Gasteiger partial charge in [-0.25, -0.2) is 9.79 Å². The molecule has 0 aromatic heterocycles. The fourth-order valence-electron chi connectivity index (χ4n) is 2.93. The lowest BCUT2D eigenvalue weighted by Crippen LogP contribution is -2.29. The van der Waals surface area contributed by atoms with E-state index in [9.17, 15) is 9.59 Å². The Bertz CT molecular complexity index is 1030. The Balaban J connectivity index is 1.88. The van der Waals surface area contributed by atoms with Crippen molar-refractivity contribution in [2.45, 2.75) is 20.3 Å². The van der Waals surface area contributed by atoms with E-state index in [1.807, 2.05) is 38.1 Å². The van der Waals surface area contributed by atoms with Gasteiger partial charge in [0.05, 0.1) is 17.7 Å². The number of carbonyl (C=O) groups is 2. The van der Waals surface area contributed by atoms with Crippen molar-refractivity contribution < 1.29 is 24.2 Å². The molecule has 0 unspecified atom stereocenters. The summed E-state index contributed by atoms with van der Waals surface area (Å²) in [5, 5.41) is 9.44. The molecule has 1 heterocycles. The topological polar surface area (TPSA) is 88.4 Å². The molecule has 0 radical (unpaired) electrons. The average Bonchev–Trinajstić information content (AvgIpc) is 3.03. The first-order valence-corrected chi connectivity index (χ1v) is 10.6. The Morgan fingerprint density at radius 2 is 1.94 bits per heavy atom. The highest BCUT2D eigenvalue weighted by atomic mass is 32.2. The van der Waals surface area contributed by atoms with Crippen LogP contribution in [0.4, 0.5) is 5.69 Å². The number of ether oxygens (including phenoxy) is 2. The highest BCUT2D eigenvalue weighted by molar-refractivity contribution is 8.18. The van der Waals surface area contributed by atoms with Gasteiger partial charge in [0.15, 0.2) is 23.3 Å². The molecule has 1 saturated heterocycles. The van der Waals surface area contributed by atoms with Crippen LogP contribution < -0.4 is 9.47 Å². The maximum atomic E-state index is 13.0. The van der Waals surface area contributed by atoms with Crippen LogP contribution in [-0.2, 0) is 9.59 Å². The summed E-state index contributed by atoms with van der Waals surface area (Å²) in [6, 6.07) is 12.9. The number of hydrogen-bond acceptors (Lipinski definition) is 6. The van der Waals surface area contributed by atoms with Gasteiger partial charge in [0.25, 0.3) is 5.91 Å². The summed E-state index contributed by atoms with van der Waals surface area (Å²) in [5.74, 6) is -0.447. The lowest BCUT2D eigenvalue weighted by Gasteiger charge is -2.14. The molecule has 162 valence electrons. The van der Waals surface area contributed by atoms with Crippen molar-refractivity contribution in [2.24, 2.45) is 4.99 Å². The van der Waals surface area contributed by atoms with E-state index in [0.717, 1.165) is 23.2 Å². The highest BCUT2D eigenvalue weighted by Crippen LogP contribution is 2.36. The number of nitrogens with zero attached hydrogens (tertiary/aromatic N) is 2. The molecule has 0 aliphatic carbocycles. The summed E-state index contributed by atoms with van der Waals surface area (Å²) in [6.07, 6.45) is 2.59. The van der Waals surface area contributed by atoms with Crippen molar-refractivity contribution in [1.82, 2.24) is 4.90 Å². The minimum atomic E-state index is -1.07. The summed E-state index contributed by atoms with van der Waals surface area (Å²) in [7, 11) is 1.48. The first kappa shape index (κ1) is 22.4. The Hall–Kier alpha value is -3.26. The maximum Gasteiger partial charge on any atom is 0.341 e. The SMILES string of the molecule is CCCN1C(=O)/C(=C\c2ccc(OCC(=O)O)c(OC)c2)SC1=Nc1ccc(C)cc1. The Kier molecular flexibility index (Phi) is 7.36. The number of carbonyl (C=O) groups excluding carboxylic acids is 1. The monoisotopic (exact) mass is 440 g/mol. The molecule has 0 saturated carbocycles. The number of amidine groups is 1. The average molecular weight is 441 g/mol. The van der Waals surface area contributed by atoms with Crippen LogP contribution in [0, 0.1) is 6.92 Å². The van der Waals surface area contributed by atoms with Crippen LogP contribution in [0.3, 0.4) is 0 Å². The van der Waals surface area contributed by atoms with Crippen molar-refractivity contribution >= 4 is 40.6 Å². The molecule has 31 heavy (non-hydrogen) atoms. The van der Waals surface area contributed by atoms with Crippen LogP contribution in [0.5, 0.6) is 11.5 Å². The van der Waals surface area contributed by atoms with Crippen molar-refractivity contribution in [2.75, 3.05) is 20.3 Å². The molecular formula is C23H24N2O5S. The molecule has 3 rings (SSSR count). The van der Waals surface area contributed by atoms with Crippen molar-refractivity contribution in [3.05, 3.63) is 58.5 Å². The molecule has 0 bridgehead atoms. The number of carboxylic acid groups (broad SMARTS) is 1. The number of rotatable bonds is 8. The van der Waals surface area contributed by atoms with E-state index < -0.39 is 12.6 Å². The number of thioether (sulfide) groups is 1. The van der Waals surface area contributed by atoms with Crippen LogP contribution in [0.15, 0.2) is 52.4 Å². The highest BCUT2D eigenvalue weighted by Gasteiger charge is 2.32. The molecule has 0 atom stereocenters. The van der Waals surface area contributed by atoms with Gasteiger partial charge in [0.1, 0.15) is 0 Å². The third-order valence-electron chi connectivity index (χ3n) is 4.43. The Labute approximate surface area is 185 Å². The lowest BCUT2D eigenvalue weighted by atomic mass is 10.2. The van der Waals surface area contributed by atoms with Crippen LogP contribution >= 0.6 is 11.8 Å². The molecule has 0 spiro atoms. The minimum absolute atomic E-state index is 0.0946. The molecule has 2 aromatic carbocycles. The molecule has 1 amide bonds. The number of aliphatic carboxylic acids is 1. The zero-order chi connectivity index (χ0) is 22.4.